The Balaban J connectivity index is 2.45. The highest BCUT2D eigenvalue weighted by Crippen LogP contribution is 2.34. The summed E-state index contributed by atoms with van der Waals surface area (Å²) in [6, 6.07) is -0.590. The van der Waals surface area contributed by atoms with Gasteiger partial charge in [-0.2, -0.15) is 13.2 Å². The molecule has 0 bridgehead atoms. The summed E-state index contributed by atoms with van der Waals surface area (Å²) in [5.74, 6) is -1.19. The summed E-state index contributed by atoms with van der Waals surface area (Å²) in [5.41, 5.74) is 5.76. The van der Waals surface area contributed by atoms with Crippen LogP contribution in [-0.4, -0.2) is 36.1 Å². The zero-order valence-corrected chi connectivity index (χ0v) is 10.8. The van der Waals surface area contributed by atoms with E-state index in [2.05, 4.69) is 0 Å². The lowest BCUT2D eigenvalue weighted by molar-refractivity contribution is -0.186. The highest BCUT2D eigenvalue weighted by Gasteiger charge is 2.42. The van der Waals surface area contributed by atoms with Crippen LogP contribution in [0.4, 0.5) is 13.2 Å². The van der Waals surface area contributed by atoms with E-state index in [1.54, 1.807) is 0 Å². The number of carbonyl (C=O) groups excluding carboxylic acids is 1. The van der Waals surface area contributed by atoms with Crippen molar-refractivity contribution < 1.29 is 18.0 Å². The van der Waals surface area contributed by atoms with Crippen molar-refractivity contribution in [2.45, 2.75) is 45.3 Å². The van der Waals surface area contributed by atoms with Crippen molar-refractivity contribution in [2.24, 2.45) is 17.6 Å². The quantitative estimate of drug-likeness (QED) is 0.851. The van der Waals surface area contributed by atoms with Gasteiger partial charge in [-0.25, -0.2) is 0 Å². The molecule has 1 aliphatic rings. The maximum Gasteiger partial charge on any atom is 0.391 e. The summed E-state index contributed by atoms with van der Waals surface area (Å²) in [6.07, 6.45) is -3.60. The molecule has 1 amide bonds. The minimum Gasteiger partial charge on any atom is -0.341 e. The van der Waals surface area contributed by atoms with E-state index in [9.17, 15) is 18.0 Å². The molecule has 3 nitrogen and oxygen atoms in total. The Morgan fingerprint density at radius 2 is 1.83 bits per heavy atom. The normalized spacial score (nSPS) is 20.3. The van der Waals surface area contributed by atoms with E-state index < -0.39 is 18.1 Å². The topological polar surface area (TPSA) is 46.3 Å². The Hall–Kier alpha value is -0.780. The van der Waals surface area contributed by atoms with Gasteiger partial charge >= 0.3 is 6.18 Å². The first-order chi connectivity index (χ1) is 8.21. The van der Waals surface area contributed by atoms with Gasteiger partial charge in [0.25, 0.3) is 0 Å². The van der Waals surface area contributed by atoms with Gasteiger partial charge in [-0.15, -0.1) is 0 Å². The van der Waals surface area contributed by atoms with Crippen molar-refractivity contribution in [3.8, 4) is 0 Å². The first-order valence-electron chi connectivity index (χ1n) is 6.33. The molecule has 2 N–H and O–H groups in total. The van der Waals surface area contributed by atoms with E-state index in [0.29, 0.717) is 12.3 Å². The fraction of sp³-hybridized carbons (Fsp3) is 0.917. The van der Waals surface area contributed by atoms with Crippen molar-refractivity contribution in [3.63, 3.8) is 0 Å². The van der Waals surface area contributed by atoms with E-state index in [1.165, 1.54) is 4.90 Å². The molecular weight excluding hydrogens is 245 g/mol. The number of nitrogens with two attached hydrogens (primary N) is 1. The number of piperidine rings is 1. The van der Waals surface area contributed by atoms with Crippen LogP contribution in [0.25, 0.3) is 0 Å². The summed E-state index contributed by atoms with van der Waals surface area (Å²) in [7, 11) is 0. The average molecular weight is 266 g/mol. The number of halogens is 3. The van der Waals surface area contributed by atoms with Crippen LogP contribution in [0.5, 0.6) is 0 Å². The van der Waals surface area contributed by atoms with E-state index in [0.717, 1.165) is 0 Å². The lowest BCUT2D eigenvalue weighted by Gasteiger charge is -2.34. The number of hydrogen-bond donors (Lipinski definition) is 1. The van der Waals surface area contributed by atoms with Gasteiger partial charge in [-0.05, 0) is 25.2 Å². The molecule has 1 rings (SSSR count). The molecule has 0 aromatic heterocycles. The van der Waals surface area contributed by atoms with Gasteiger partial charge < -0.3 is 10.6 Å². The van der Waals surface area contributed by atoms with Crippen molar-refractivity contribution >= 4 is 5.91 Å². The molecule has 18 heavy (non-hydrogen) atoms. The SMILES string of the molecule is CC(C)CC(N)C(=O)N1CCC(C(F)(F)F)CC1. The maximum atomic E-state index is 12.5. The Morgan fingerprint density at radius 3 is 2.22 bits per heavy atom. The molecule has 0 spiro atoms. The Bertz CT molecular complexity index is 284. The van der Waals surface area contributed by atoms with Crippen LogP contribution >= 0.6 is 0 Å². The molecule has 1 aliphatic heterocycles. The van der Waals surface area contributed by atoms with Crippen molar-refractivity contribution in [2.75, 3.05) is 13.1 Å². The summed E-state index contributed by atoms with van der Waals surface area (Å²) in [6.45, 7) is 4.25. The van der Waals surface area contributed by atoms with Gasteiger partial charge in [-0.1, -0.05) is 13.8 Å². The van der Waals surface area contributed by atoms with E-state index >= 15 is 0 Å². The Kier molecular flexibility index (Phi) is 5.01. The van der Waals surface area contributed by atoms with Gasteiger partial charge in [0.05, 0.1) is 12.0 Å². The fourth-order valence-corrected chi connectivity index (χ4v) is 2.27. The summed E-state index contributed by atoms with van der Waals surface area (Å²) in [4.78, 5) is 13.4. The second kappa shape index (κ2) is 5.91. The van der Waals surface area contributed by atoms with Crippen LogP contribution in [0, 0.1) is 11.8 Å². The molecule has 1 heterocycles. The van der Waals surface area contributed by atoms with Crippen molar-refractivity contribution in [1.82, 2.24) is 4.90 Å². The van der Waals surface area contributed by atoms with Gasteiger partial charge in [0.1, 0.15) is 0 Å². The van der Waals surface area contributed by atoms with Crippen LogP contribution in [0.1, 0.15) is 33.1 Å². The third-order valence-corrected chi connectivity index (χ3v) is 3.31. The van der Waals surface area contributed by atoms with Gasteiger partial charge in [0, 0.05) is 13.1 Å². The molecule has 1 fully saturated rings. The largest absolute Gasteiger partial charge is 0.391 e. The van der Waals surface area contributed by atoms with Crippen LogP contribution in [0.2, 0.25) is 0 Å². The van der Waals surface area contributed by atoms with Gasteiger partial charge in [0.2, 0.25) is 5.91 Å². The number of alkyl halides is 3. The fourth-order valence-electron chi connectivity index (χ4n) is 2.27. The van der Waals surface area contributed by atoms with Gasteiger partial charge in [-0.3, -0.25) is 4.79 Å². The molecule has 0 radical (unpaired) electrons. The summed E-state index contributed by atoms with van der Waals surface area (Å²) >= 11 is 0. The Labute approximate surface area is 106 Å². The molecule has 1 saturated heterocycles. The summed E-state index contributed by atoms with van der Waals surface area (Å²) < 4.78 is 37.4. The van der Waals surface area contributed by atoms with E-state index in [4.69, 9.17) is 5.73 Å². The number of hydrogen-bond acceptors (Lipinski definition) is 2. The molecule has 0 saturated carbocycles. The molecule has 0 aromatic rings. The number of rotatable bonds is 3. The predicted molar refractivity (Wildman–Crippen MR) is 62.8 cm³/mol. The first-order valence-corrected chi connectivity index (χ1v) is 6.33. The standard InChI is InChI=1S/C12H21F3N2O/c1-8(2)7-10(16)11(18)17-5-3-9(4-6-17)12(13,14)15/h8-10H,3-7,16H2,1-2H3. The highest BCUT2D eigenvalue weighted by molar-refractivity contribution is 5.81. The zero-order valence-electron chi connectivity index (χ0n) is 10.8. The third kappa shape index (κ3) is 4.15. The lowest BCUT2D eigenvalue weighted by Crippen LogP contribution is -2.49. The zero-order chi connectivity index (χ0) is 13.9. The van der Waals surface area contributed by atoms with Crippen LogP contribution in [-0.2, 0) is 4.79 Å². The second-order valence-electron chi connectivity index (χ2n) is 5.38. The van der Waals surface area contributed by atoms with Crippen molar-refractivity contribution in [3.05, 3.63) is 0 Å². The maximum absolute atomic E-state index is 12.5. The number of carbonyl (C=O) groups is 1. The van der Waals surface area contributed by atoms with Crippen LogP contribution in [0.3, 0.4) is 0 Å². The molecule has 0 aromatic carbocycles. The molecule has 0 aliphatic carbocycles. The van der Waals surface area contributed by atoms with Crippen molar-refractivity contribution in [1.29, 1.82) is 0 Å². The predicted octanol–water partition coefficient (Wildman–Crippen LogP) is 2.16. The third-order valence-electron chi connectivity index (χ3n) is 3.31. The highest BCUT2D eigenvalue weighted by atomic mass is 19.4. The summed E-state index contributed by atoms with van der Waals surface area (Å²) in [5, 5.41) is 0. The number of nitrogens with zero attached hydrogens (tertiary/aromatic N) is 1. The molecule has 6 heteroatoms. The van der Waals surface area contributed by atoms with Gasteiger partial charge in [0.15, 0.2) is 0 Å². The minimum absolute atomic E-state index is 0.0103. The first kappa shape index (κ1) is 15.3. The molecule has 1 unspecified atom stereocenters. The monoisotopic (exact) mass is 266 g/mol. The minimum atomic E-state index is -4.14. The second-order valence-corrected chi connectivity index (χ2v) is 5.38. The molecule has 106 valence electrons. The van der Waals surface area contributed by atoms with E-state index in [1.807, 2.05) is 13.8 Å². The number of likely N-dealkylation sites (tertiary alicyclic amines) is 1. The number of amides is 1. The average Bonchev–Trinajstić information content (AvgIpc) is 2.26. The smallest absolute Gasteiger partial charge is 0.341 e. The molecule has 1 atom stereocenters. The lowest BCUT2D eigenvalue weighted by atomic mass is 9.95. The molecular formula is C12H21F3N2O. The van der Waals surface area contributed by atoms with Crippen LogP contribution in [0.15, 0.2) is 0 Å². The van der Waals surface area contributed by atoms with E-state index in [-0.39, 0.29) is 31.8 Å². The Morgan fingerprint density at radius 1 is 1.33 bits per heavy atom. The van der Waals surface area contributed by atoms with Crippen LogP contribution < -0.4 is 5.73 Å².